The van der Waals surface area contributed by atoms with E-state index < -0.39 is 11.8 Å². The zero-order valence-corrected chi connectivity index (χ0v) is 10.3. The van der Waals surface area contributed by atoms with Crippen LogP contribution < -0.4 is 10.7 Å². The van der Waals surface area contributed by atoms with Crippen LogP contribution in [0.25, 0.3) is 0 Å². The van der Waals surface area contributed by atoms with Gasteiger partial charge in [-0.25, -0.2) is 5.43 Å². The van der Waals surface area contributed by atoms with Gasteiger partial charge in [0.1, 0.15) is 0 Å². The summed E-state index contributed by atoms with van der Waals surface area (Å²) in [5.41, 5.74) is 2.74. The molecule has 0 aliphatic rings. The van der Waals surface area contributed by atoms with Crippen LogP contribution in [0.2, 0.25) is 5.02 Å². The fraction of sp³-hybridized carbons (Fsp3) is 0.0833. The molecule has 1 aromatic rings. The van der Waals surface area contributed by atoms with Gasteiger partial charge in [0, 0.05) is 17.1 Å². The Labute approximate surface area is 110 Å². The minimum absolute atomic E-state index is 0.223. The summed E-state index contributed by atoms with van der Waals surface area (Å²) in [6, 6.07) is 6.99. The summed E-state index contributed by atoms with van der Waals surface area (Å²) in [7, 11) is 0. The van der Waals surface area contributed by atoms with Crippen molar-refractivity contribution in [3.05, 3.63) is 47.5 Å². The number of carbonyl (C=O) groups is 2. The van der Waals surface area contributed by atoms with E-state index in [9.17, 15) is 9.59 Å². The molecule has 0 saturated carbocycles. The third kappa shape index (κ3) is 4.39. The van der Waals surface area contributed by atoms with Gasteiger partial charge in [-0.1, -0.05) is 35.9 Å². The molecule has 0 spiro atoms. The summed E-state index contributed by atoms with van der Waals surface area (Å²) < 4.78 is 0. The largest absolute Gasteiger partial charge is 0.344 e. The number of nitrogens with zero attached hydrogens (tertiary/aromatic N) is 1. The van der Waals surface area contributed by atoms with Gasteiger partial charge >= 0.3 is 11.8 Å². The van der Waals surface area contributed by atoms with Crippen molar-refractivity contribution < 1.29 is 9.59 Å². The molecular weight excluding hydrogens is 254 g/mol. The van der Waals surface area contributed by atoms with E-state index in [0.29, 0.717) is 10.6 Å². The number of halogens is 1. The van der Waals surface area contributed by atoms with Crippen molar-refractivity contribution in [1.29, 1.82) is 0 Å². The molecule has 94 valence electrons. The second kappa shape index (κ2) is 7.24. The number of carbonyl (C=O) groups excluding carboxylic acids is 2. The Bertz CT molecular complexity index is 486. The van der Waals surface area contributed by atoms with Gasteiger partial charge in [0.05, 0.1) is 6.21 Å². The van der Waals surface area contributed by atoms with E-state index in [1.807, 2.05) is 0 Å². The maximum absolute atomic E-state index is 11.2. The second-order valence-corrected chi connectivity index (χ2v) is 3.63. The summed E-state index contributed by atoms with van der Waals surface area (Å²) in [6.07, 6.45) is 2.83. The van der Waals surface area contributed by atoms with Gasteiger partial charge in [0.15, 0.2) is 0 Å². The van der Waals surface area contributed by atoms with Crippen molar-refractivity contribution in [2.75, 3.05) is 6.54 Å². The highest BCUT2D eigenvalue weighted by Gasteiger charge is 2.10. The molecule has 0 unspecified atom stereocenters. The van der Waals surface area contributed by atoms with E-state index in [0.717, 1.165) is 0 Å². The van der Waals surface area contributed by atoms with Crippen LogP contribution in [0.15, 0.2) is 42.0 Å². The Morgan fingerprint density at radius 3 is 2.72 bits per heavy atom. The van der Waals surface area contributed by atoms with E-state index in [2.05, 4.69) is 22.4 Å². The average molecular weight is 266 g/mol. The first-order chi connectivity index (χ1) is 8.65. The molecule has 0 heterocycles. The van der Waals surface area contributed by atoms with Crippen LogP contribution in [0.1, 0.15) is 5.56 Å². The van der Waals surface area contributed by atoms with E-state index in [1.54, 1.807) is 24.3 Å². The number of amides is 2. The van der Waals surface area contributed by atoms with E-state index in [1.165, 1.54) is 12.3 Å². The number of hydrazone groups is 1. The molecule has 1 rings (SSSR count). The highest BCUT2D eigenvalue weighted by Crippen LogP contribution is 2.11. The van der Waals surface area contributed by atoms with E-state index in [-0.39, 0.29) is 6.54 Å². The highest BCUT2D eigenvalue weighted by molar-refractivity contribution is 6.35. The quantitative estimate of drug-likeness (QED) is 0.370. The SMILES string of the molecule is C=CCNC(=O)C(=O)NN=Cc1ccccc1Cl. The lowest BCUT2D eigenvalue weighted by Crippen LogP contribution is -2.37. The van der Waals surface area contributed by atoms with Gasteiger partial charge in [-0.2, -0.15) is 5.10 Å². The molecule has 0 saturated heterocycles. The van der Waals surface area contributed by atoms with E-state index in [4.69, 9.17) is 11.6 Å². The van der Waals surface area contributed by atoms with Crippen LogP contribution in [0.3, 0.4) is 0 Å². The predicted octanol–water partition coefficient (Wildman–Crippen LogP) is 1.09. The summed E-state index contributed by atoms with van der Waals surface area (Å²) in [6.45, 7) is 3.64. The number of rotatable bonds is 4. The topological polar surface area (TPSA) is 70.6 Å². The first-order valence-corrected chi connectivity index (χ1v) is 5.49. The molecule has 0 radical (unpaired) electrons. The van der Waals surface area contributed by atoms with Gasteiger partial charge in [-0.15, -0.1) is 6.58 Å². The number of hydrogen-bond acceptors (Lipinski definition) is 3. The highest BCUT2D eigenvalue weighted by atomic mass is 35.5. The minimum atomic E-state index is -0.847. The Morgan fingerprint density at radius 2 is 2.06 bits per heavy atom. The van der Waals surface area contributed by atoms with Crippen LogP contribution in [0.5, 0.6) is 0 Å². The number of hydrogen-bond donors (Lipinski definition) is 2. The normalized spacial score (nSPS) is 10.1. The Morgan fingerprint density at radius 1 is 1.33 bits per heavy atom. The Kier molecular flexibility index (Phi) is 5.60. The van der Waals surface area contributed by atoms with Gasteiger partial charge < -0.3 is 5.32 Å². The molecule has 18 heavy (non-hydrogen) atoms. The Balaban J connectivity index is 2.50. The molecule has 0 atom stereocenters. The zero-order valence-electron chi connectivity index (χ0n) is 9.52. The van der Waals surface area contributed by atoms with Crippen LogP contribution in [-0.4, -0.2) is 24.6 Å². The molecule has 0 aromatic heterocycles. The smallest absolute Gasteiger partial charge is 0.329 e. The van der Waals surface area contributed by atoms with Crippen molar-refractivity contribution in [1.82, 2.24) is 10.7 Å². The predicted molar refractivity (Wildman–Crippen MR) is 70.4 cm³/mol. The molecule has 5 nitrogen and oxygen atoms in total. The molecular formula is C12H12ClN3O2. The lowest BCUT2D eigenvalue weighted by atomic mass is 10.2. The molecule has 2 amide bonds. The van der Waals surface area contributed by atoms with Crippen LogP contribution in [0, 0.1) is 0 Å². The fourth-order valence-electron chi connectivity index (χ4n) is 1.04. The van der Waals surface area contributed by atoms with Crippen molar-refractivity contribution in [2.45, 2.75) is 0 Å². The van der Waals surface area contributed by atoms with Gasteiger partial charge in [-0.05, 0) is 6.07 Å². The summed E-state index contributed by atoms with van der Waals surface area (Å²) in [4.78, 5) is 22.4. The Hall–Kier alpha value is -2.14. The first kappa shape index (κ1) is 13.9. The fourth-order valence-corrected chi connectivity index (χ4v) is 1.22. The van der Waals surface area contributed by atoms with Gasteiger partial charge in [0.2, 0.25) is 0 Å². The van der Waals surface area contributed by atoms with Crippen molar-refractivity contribution in [2.24, 2.45) is 5.10 Å². The first-order valence-electron chi connectivity index (χ1n) is 5.12. The molecule has 6 heteroatoms. The van der Waals surface area contributed by atoms with Crippen molar-refractivity contribution in [3.8, 4) is 0 Å². The minimum Gasteiger partial charge on any atom is -0.344 e. The molecule has 0 aliphatic carbocycles. The van der Waals surface area contributed by atoms with E-state index >= 15 is 0 Å². The molecule has 0 fully saturated rings. The lowest BCUT2D eigenvalue weighted by molar-refractivity contribution is -0.139. The van der Waals surface area contributed by atoms with Crippen molar-refractivity contribution >= 4 is 29.6 Å². The standard InChI is InChI=1S/C12H12ClN3O2/c1-2-7-14-11(17)12(18)16-15-8-9-5-3-4-6-10(9)13/h2-6,8H,1,7H2,(H,14,17)(H,16,18). The molecule has 1 aromatic carbocycles. The summed E-state index contributed by atoms with van der Waals surface area (Å²) >= 11 is 5.88. The number of benzene rings is 1. The number of nitrogens with one attached hydrogen (secondary N) is 2. The monoisotopic (exact) mass is 265 g/mol. The maximum atomic E-state index is 11.2. The molecule has 0 aliphatic heterocycles. The second-order valence-electron chi connectivity index (χ2n) is 3.22. The molecule has 0 bridgehead atoms. The third-order valence-electron chi connectivity index (χ3n) is 1.89. The van der Waals surface area contributed by atoms with Crippen LogP contribution >= 0.6 is 11.6 Å². The summed E-state index contributed by atoms with van der Waals surface area (Å²) in [5, 5.41) is 6.47. The average Bonchev–Trinajstić information content (AvgIpc) is 2.38. The lowest BCUT2D eigenvalue weighted by Gasteiger charge is -2.00. The third-order valence-corrected chi connectivity index (χ3v) is 2.23. The maximum Gasteiger partial charge on any atom is 0.329 e. The van der Waals surface area contributed by atoms with Crippen LogP contribution in [-0.2, 0) is 9.59 Å². The summed E-state index contributed by atoms with van der Waals surface area (Å²) in [5.74, 6) is -1.62. The molecule has 2 N–H and O–H groups in total. The van der Waals surface area contributed by atoms with Gasteiger partial charge in [0.25, 0.3) is 0 Å². The van der Waals surface area contributed by atoms with Crippen molar-refractivity contribution in [3.63, 3.8) is 0 Å². The van der Waals surface area contributed by atoms with Crippen LogP contribution in [0.4, 0.5) is 0 Å². The van der Waals surface area contributed by atoms with Gasteiger partial charge in [-0.3, -0.25) is 9.59 Å². The zero-order chi connectivity index (χ0) is 13.4.